The van der Waals surface area contributed by atoms with Gasteiger partial charge in [0.05, 0.1) is 12.7 Å². The lowest BCUT2D eigenvalue weighted by Gasteiger charge is -2.31. The van der Waals surface area contributed by atoms with Gasteiger partial charge >= 0.3 is 0 Å². The first kappa shape index (κ1) is 11.2. The molecule has 1 saturated heterocycles. The van der Waals surface area contributed by atoms with Crippen molar-refractivity contribution in [2.45, 2.75) is 13.0 Å². The zero-order valence-electron chi connectivity index (χ0n) is 10.1. The maximum absolute atomic E-state index is 12.3. The molecule has 18 heavy (non-hydrogen) atoms. The van der Waals surface area contributed by atoms with Crippen LogP contribution in [-0.2, 0) is 4.74 Å². The van der Waals surface area contributed by atoms with Gasteiger partial charge in [0.1, 0.15) is 11.0 Å². The van der Waals surface area contributed by atoms with Crippen LogP contribution < -0.4 is 0 Å². The molecule has 6 heteroatoms. The number of carbonyl (C=O) groups excluding carboxylic acids is 1. The monoisotopic (exact) mass is 246 g/mol. The van der Waals surface area contributed by atoms with E-state index in [1.54, 1.807) is 18.2 Å². The van der Waals surface area contributed by atoms with E-state index in [1.807, 2.05) is 11.8 Å². The van der Waals surface area contributed by atoms with Crippen LogP contribution in [0.1, 0.15) is 17.3 Å². The molecule has 1 aliphatic heterocycles. The van der Waals surface area contributed by atoms with E-state index in [9.17, 15) is 4.79 Å². The first-order chi connectivity index (χ1) is 8.74. The molecule has 1 amide bonds. The highest BCUT2D eigenvalue weighted by Crippen LogP contribution is 2.14. The summed E-state index contributed by atoms with van der Waals surface area (Å²) >= 11 is 0. The molecular formula is C12H14N4O2. The van der Waals surface area contributed by atoms with Crippen LogP contribution in [0.25, 0.3) is 11.0 Å². The number of aromatic nitrogens is 3. The number of rotatable bonds is 1. The van der Waals surface area contributed by atoms with Crippen molar-refractivity contribution in [3.8, 4) is 0 Å². The van der Waals surface area contributed by atoms with Crippen LogP contribution in [-0.4, -0.2) is 52.0 Å². The second-order valence-electron chi connectivity index (χ2n) is 4.46. The number of fused-ring (bicyclic) bond motifs is 1. The Bertz CT molecular complexity index is 580. The van der Waals surface area contributed by atoms with Crippen molar-refractivity contribution in [2.75, 3.05) is 19.7 Å². The number of benzene rings is 1. The Labute approximate surface area is 104 Å². The SMILES string of the molecule is CC1CN(C(=O)c2ccc3n[nH]nc3c2)CCO1. The molecule has 0 aliphatic carbocycles. The number of ether oxygens (including phenoxy) is 1. The summed E-state index contributed by atoms with van der Waals surface area (Å²) in [5.74, 6) is 0.0232. The molecule has 1 N–H and O–H groups in total. The summed E-state index contributed by atoms with van der Waals surface area (Å²) in [5.41, 5.74) is 2.12. The van der Waals surface area contributed by atoms with Crippen LogP contribution in [0.3, 0.4) is 0 Å². The van der Waals surface area contributed by atoms with E-state index >= 15 is 0 Å². The molecule has 1 unspecified atom stereocenters. The number of morpholine rings is 1. The van der Waals surface area contributed by atoms with Crippen molar-refractivity contribution >= 4 is 16.9 Å². The summed E-state index contributed by atoms with van der Waals surface area (Å²) in [6.07, 6.45) is 0.0958. The number of nitrogens with one attached hydrogen (secondary N) is 1. The molecule has 1 atom stereocenters. The fourth-order valence-corrected chi connectivity index (χ4v) is 2.16. The number of aromatic amines is 1. The summed E-state index contributed by atoms with van der Waals surface area (Å²) in [6.45, 7) is 3.84. The fraction of sp³-hybridized carbons (Fsp3) is 0.417. The van der Waals surface area contributed by atoms with Gasteiger partial charge in [-0.15, -0.1) is 0 Å². The first-order valence-electron chi connectivity index (χ1n) is 5.95. The molecule has 0 bridgehead atoms. The van der Waals surface area contributed by atoms with E-state index < -0.39 is 0 Å². The van der Waals surface area contributed by atoms with Crippen LogP contribution in [0, 0.1) is 0 Å². The summed E-state index contributed by atoms with van der Waals surface area (Å²) in [5, 5.41) is 10.5. The lowest BCUT2D eigenvalue weighted by molar-refractivity contribution is -0.0124. The Morgan fingerprint density at radius 3 is 3.11 bits per heavy atom. The Balaban J connectivity index is 1.86. The van der Waals surface area contributed by atoms with Gasteiger partial charge in [-0.25, -0.2) is 0 Å². The van der Waals surface area contributed by atoms with Gasteiger partial charge in [-0.3, -0.25) is 4.79 Å². The van der Waals surface area contributed by atoms with Gasteiger partial charge in [0.25, 0.3) is 5.91 Å². The van der Waals surface area contributed by atoms with Gasteiger partial charge in [0.15, 0.2) is 0 Å². The number of carbonyl (C=O) groups is 1. The van der Waals surface area contributed by atoms with Crippen LogP contribution >= 0.6 is 0 Å². The zero-order valence-corrected chi connectivity index (χ0v) is 10.1. The third-order valence-corrected chi connectivity index (χ3v) is 3.09. The van der Waals surface area contributed by atoms with E-state index in [0.717, 1.165) is 5.52 Å². The third kappa shape index (κ3) is 1.95. The molecule has 1 fully saturated rings. The molecule has 0 saturated carbocycles. The molecule has 1 aromatic heterocycles. The summed E-state index contributed by atoms with van der Waals surface area (Å²) in [6, 6.07) is 5.35. The molecular weight excluding hydrogens is 232 g/mol. The quantitative estimate of drug-likeness (QED) is 0.808. The molecule has 3 rings (SSSR count). The van der Waals surface area contributed by atoms with E-state index in [2.05, 4.69) is 15.4 Å². The highest BCUT2D eigenvalue weighted by Gasteiger charge is 2.22. The van der Waals surface area contributed by atoms with E-state index in [-0.39, 0.29) is 12.0 Å². The maximum Gasteiger partial charge on any atom is 0.254 e. The zero-order chi connectivity index (χ0) is 12.5. The van der Waals surface area contributed by atoms with Crippen LogP contribution in [0.5, 0.6) is 0 Å². The molecule has 2 heterocycles. The maximum atomic E-state index is 12.3. The van der Waals surface area contributed by atoms with Crippen LogP contribution in [0.15, 0.2) is 18.2 Å². The molecule has 0 spiro atoms. The predicted molar refractivity (Wildman–Crippen MR) is 65.2 cm³/mol. The second kappa shape index (κ2) is 4.38. The second-order valence-corrected chi connectivity index (χ2v) is 4.46. The smallest absolute Gasteiger partial charge is 0.254 e. The Hall–Kier alpha value is -1.95. The average molecular weight is 246 g/mol. The van der Waals surface area contributed by atoms with Crippen molar-refractivity contribution in [3.05, 3.63) is 23.8 Å². The predicted octanol–water partition coefficient (Wildman–Crippen LogP) is 0.819. The summed E-state index contributed by atoms with van der Waals surface area (Å²) in [4.78, 5) is 14.1. The van der Waals surface area contributed by atoms with Crippen molar-refractivity contribution in [3.63, 3.8) is 0 Å². The minimum Gasteiger partial charge on any atom is -0.375 e. The summed E-state index contributed by atoms with van der Waals surface area (Å²) in [7, 11) is 0. The highest BCUT2D eigenvalue weighted by molar-refractivity contribution is 5.97. The topological polar surface area (TPSA) is 71.1 Å². The first-order valence-corrected chi connectivity index (χ1v) is 5.95. The van der Waals surface area contributed by atoms with E-state index in [4.69, 9.17) is 4.74 Å². The van der Waals surface area contributed by atoms with E-state index in [0.29, 0.717) is 30.8 Å². The van der Waals surface area contributed by atoms with Crippen LogP contribution in [0.4, 0.5) is 0 Å². The molecule has 1 aliphatic rings. The van der Waals surface area contributed by atoms with Gasteiger partial charge in [0, 0.05) is 18.7 Å². The number of hydrogen-bond acceptors (Lipinski definition) is 4. The minimum atomic E-state index is 0.0232. The summed E-state index contributed by atoms with van der Waals surface area (Å²) < 4.78 is 5.43. The lowest BCUT2D eigenvalue weighted by atomic mass is 10.1. The standard InChI is InChI=1S/C12H14N4O2/c1-8-7-16(4-5-18-8)12(17)9-2-3-10-11(6-9)14-15-13-10/h2-3,6,8H,4-5,7H2,1H3,(H,13,14,15). The van der Waals surface area contributed by atoms with Gasteiger partial charge in [-0.2, -0.15) is 15.4 Å². The number of H-pyrrole nitrogens is 1. The third-order valence-electron chi connectivity index (χ3n) is 3.09. The van der Waals surface area contributed by atoms with E-state index in [1.165, 1.54) is 0 Å². The van der Waals surface area contributed by atoms with Gasteiger partial charge in [-0.1, -0.05) is 0 Å². The van der Waals surface area contributed by atoms with Crippen LogP contribution in [0.2, 0.25) is 0 Å². The number of amides is 1. The van der Waals surface area contributed by atoms with Crippen molar-refractivity contribution < 1.29 is 9.53 Å². The molecule has 0 radical (unpaired) electrons. The largest absolute Gasteiger partial charge is 0.375 e. The molecule has 2 aromatic rings. The Kier molecular flexibility index (Phi) is 2.71. The van der Waals surface area contributed by atoms with Crippen molar-refractivity contribution in [1.82, 2.24) is 20.3 Å². The Morgan fingerprint density at radius 2 is 2.28 bits per heavy atom. The van der Waals surface area contributed by atoms with Gasteiger partial charge < -0.3 is 9.64 Å². The molecule has 6 nitrogen and oxygen atoms in total. The Morgan fingerprint density at radius 1 is 1.44 bits per heavy atom. The van der Waals surface area contributed by atoms with Crippen molar-refractivity contribution in [2.24, 2.45) is 0 Å². The fourth-order valence-electron chi connectivity index (χ4n) is 2.16. The number of hydrogen-bond donors (Lipinski definition) is 1. The highest BCUT2D eigenvalue weighted by atomic mass is 16.5. The molecule has 94 valence electrons. The van der Waals surface area contributed by atoms with Gasteiger partial charge in [-0.05, 0) is 25.1 Å². The minimum absolute atomic E-state index is 0.0232. The molecule has 1 aromatic carbocycles. The van der Waals surface area contributed by atoms with Gasteiger partial charge in [0.2, 0.25) is 0 Å². The average Bonchev–Trinajstić information content (AvgIpc) is 2.85. The normalized spacial score (nSPS) is 20.3. The lowest BCUT2D eigenvalue weighted by Crippen LogP contribution is -2.44. The number of nitrogens with zero attached hydrogens (tertiary/aromatic N) is 3. The van der Waals surface area contributed by atoms with Crippen molar-refractivity contribution in [1.29, 1.82) is 0 Å².